The normalized spacial score (nSPS) is 9.85. The molecular formula is C15H12N2O3. The average Bonchev–Trinajstić information content (AvgIpc) is 2.38. The predicted molar refractivity (Wildman–Crippen MR) is 71.9 cm³/mol. The van der Waals surface area contributed by atoms with Crippen LogP contribution >= 0.6 is 0 Å². The lowest BCUT2D eigenvalue weighted by atomic mass is 10.1. The summed E-state index contributed by atoms with van der Waals surface area (Å²) in [6.45, 7) is 3.49. The van der Waals surface area contributed by atoms with Crippen LogP contribution in [0.3, 0.4) is 0 Å². The van der Waals surface area contributed by atoms with Crippen molar-refractivity contribution in [2.24, 2.45) is 0 Å². The molecule has 0 aliphatic carbocycles. The van der Waals surface area contributed by atoms with Crippen molar-refractivity contribution < 1.29 is 14.6 Å². The monoisotopic (exact) mass is 268 g/mol. The molecule has 0 fully saturated rings. The van der Waals surface area contributed by atoms with Crippen LogP contribution in [0.5, 0.6) is 11.5 Å². The maximum absolute atomic E-state index is 11.1. The van der Waals surface area contributed by atoms with E-state index in [1.165, 1.54) is 6.07 Å². The summed E-state index contributed by atoms with van der Waals surface area (Å²) >= 11 is 0. The van der Waals surface area contributed by atoms with E-state index in [1.54, 1.807) is 38.1 Å². The Morgan fingerprint density at radius 2 is 2.00 bits per heavy atom. The second-order valence-corrected chi connectivity index (χ2v) is 4.24. The van der Waals surface area contributed by atoms with Gasteiger partial charge in [0.1, 0.15) is 28.7 Å². The zero-order valence-corrected chi connectivity index (χ0v) is 11.0. The zero-order chi connectivity index (χ0) is 14.7. The Hall–Kier alpha value is -2.87. The highest BCUT2D eigenvalue weighted by molar-refractivity contribution is 5.90. The van der Waals surface area contributed by atoms with Gasteiger partial charge in [0.15, 0.2) is 0 Å². The number of para-hydroxylation sites is 1. The summed E-state index contributed by atoms with van der Waals surface area (Å²) in [6, 6.07) is 9.93. The van der Waals surface area contributed by atoms with Crippen molar-refractivity contribution >= 4 is 5.97 Å². The highest BCUT2D eigenvalue weighted by Crippen LogP contribution is 2.29. The maximum Gasteiger partial charge on any atom is 0.339 e. The number of nitrogens with zero attached hydrogens (tertiary/aromatic N) is 2. The minimum atomic E-state index is -1.08. The lowest BCUT2D eigenvalue weighted by Gasteiger charge is -2.11. The molecule has 0 spiro atoms. The van der Waals surface area contributed by atoms with Gasteiger partial charge in [-0.3, -0.25) is 4.98 Å². The number of aromatic carboxylic acids is 1. The Morgan fingerprint density at radius 1 is 1.30 bits per heavy atom. The van der Waals surface area contributed by atoms with Gasteiger partial charge in [-0.1, -0.05) is 12.1 Å². The first-order chi connectivity index (χ1) is 9.52. The highest BCUT2D eigenvalue weighted by Gasteiger charge is 2.15. The van der Waals surface area contributed by atoms with Crippen molar-refractivity contribution in [2.45, 2.75) is 13.8 Å². The molecule has 2 rings (SSSR count). The van der Waals surface area contributed by atoms with Crippen molar-refractivity contribution in [1.82, 2.24) is 4.98 Å². The molecule has 2 aromatic rings. The molecule has 1 heterocycles. The molecule has 0 radical (unpaired) electrons. The van der Waals surface area contributed by atoms with Crippen molar-refractivity contribution in [3.05, 3.63) is 52.8 Å². The molecule has 0 unspecified atom stereocenters. The molecule has 1 aromatic carbocycles. The molecule has 100 valence electrons. The number of hydrogen-bond acceptors (Lipinski definition) is 4. The molecule has 5 nitrogen and oxygen atoms in total. The number of hydrogen-bond donors (Lipinski definition) is 1. The molecule has 1 aromatic heterocycles. The second-order valence-electron chi connectivity index (χ2n) is 4.24. The molecule has 0 saturated carbocycles. The Labute approximate surface area is 116 Å². The summed E-state index contributed by atoms with van der Waals surface area (Å²) in [5.74, 6) is -0.575. The minimum Gasteiger partial charge on any atom is -0.478 e. The van der Waals surface area contributed by atoms with Crippen molar-refractivity contribution in [2.75, 3.05) is 0 Å². The van der Waals surface area contributed by atoms with Crippen LogP contribution in [0.15, 0.2) is 30.3 Å². The third-order valence-electron chi connectivity index (χ3n) is 2.74. The van der Waals surface area contributed by atoms with Gasteiger partial charge in [0.25, 0.3) is 0 Å². The van der Waals surface area contributed by atoms with E-state index in [0.717, 1.165) is 0 Å². The summed E-state index contributed by atoms with van der Waals surface area (Å²) < 4.78 is 5.61. The summed E-state index contributed by atoms with van der Waals surface area (Å²) in [5, 5.41) is 18.3. The fourth-order valence-electron chi connectivity index (χ4n) is 1.86. The van der Waals surface area contributed by atoms with E-state index >= 15 is 0 Å². The molecule has 5 heteroatoms. The van der Waals surface area contributed by atoms with Gasteiger partial charge in [-0.25, -0.2) is 4.79 Å². The van der Waals surface area contributed by atoms with Gasteiger partial charge < -0.3 is 9.84 Å². The van der Waals surface area contributed by atoms with Gasteiger partial charge in [-0.2, -0.15) is 5.26 Å². The number of carboxylic acids is 1. The van der Waals surface area contributed by atoms with E-state index in [0.29, 0.717) is 22.7 Å². The van der Waals surface area contributed by atoms with E-state index in [9.17, 15) is 4.79 Å². The third-order valence-corrected chi connectivity index (χ3v) is 2.74. The zero-order valence-electron chi connectivity index (χ0n) is 11.0. The van der Waals surface area contributed by atoms with E-state index in [4.69, 9.17) is 15.1 Å². The minimum absolute atomic E-state index is 0.0449. The predicted octanol–water partition coefficient (Wildman–Crippen LogP) is 3.06. The number of carbonyl (C=O) groups is 1. The molecule has 1 N–H and O–H groups in total. The quantitative estimate of drug-likeness (QED) is 0.924. The number of ether oxygens (including phenoxy) is 1. The largest absolute Gasteiger partial charge is 0.478 e. The Bertz CT molecular complexity index is 718. The van der Waals surface area contributed by atoms with Gasteiger partial charge in [-0.15, -0.1) is 0 Å². The Morgan fingerprint density at radius 3 is 2.65 bits per heavy atom. The molecule has 0 atom stereocenters. The van der Waals surface area contributed by atoms with E-state index < -0.39 is 5.97 Å². The summed E-state index contributed by atoms with van der Waals surface area (Å²) in [5.41, 5.74) is 1.60. The standard InChI is InChI=1S/C15H12N2O3/c1-9-7-14(12(8-16)10(2)17-9)20-13-6-4-3-5-11(13)15(18)19/h3-7H,1-2H3,(H,18,19). The maximum atomic E-state index is 11.1. The lowest BCUT2D eigenvalue weighted by Crippen LogP contribution is -2.02. The average molecular weight is 268 g/mol. The van der Waals surface area contributed by atoms with Crippen LogP contribution in [0.1, 0.15) is 27.3 Å². The van der Waals surface area contributed by atoms with Gasteiger partial charge in [0.05, 0.1) is 5.69 Å². The number of carboxylic acid groups (broad SMARTS) is 1. The number of nitriles is 1. The number of benzene rings is 1. The number of pyridine rings is 1. The fourth-order valence-corrected chi connectivity index (χ4v) is 1.86. The van der Waals surface area contributed by atoms with E-state index in [1.807, 2.05) is 6.07 Å². The van der Waals surface area contributed by atoms with Crippen molar-refractivity contribution in [3.63, 3.8) is 0 Å². The van der Waals surface area contributed by atoms with Gasteiger partial charge in [-0.05, 0) is 26.0 Å². The first-order valence-electron chi connectivity index (χ1n) is 5.91. The molecule has 0 aliphatic heterocycles. The van der Waals surface area contributed by atoms with Crippen LogP contribution in [0.2, 0.25) is 0 Å². The van der Waals surface area contributed by atoms with Gasteiger partial charge in [0, 0.05) is 11.8 Å². The van der Waals surface area contributed by atoms with Crippen LogP contribution in [-0.2, 0) is 0 Å². The number of rotatable bonds is 3. The van der Waals surface area contributed by atoms with Crippen molar-refractivity contribution in [1.29, 1.82) is 5.26 Å². The van der Waals surface area contributed by atoms with Gasteiger partial charge in [0.2, 0.25) is 0 Å². The van der Waals surface area contributed by atoms with Crippen LogP contribution in [0, 0.1) is 25.2 Å². The SMILES string of the molecule is Cc1cc(Oc2ccccc2C(=O)O)c(C#N)c(C)n1. The molecule has 0 bridgehead atoms. The van der Waals surface area contributed by atoms with Crippen LogP contribution in [-0.4, -0.2) is 16.1 Å². The number of aromatic nitrogens is 1. The van der Waals surface area contributed by atoms with E-state index in [-0.39, 0.29) is 11.3 Å². The third kappa shape index (κ3) is 2.59. The lowest BCUT2D eigenvalue weighted by molar-refractivity contribution is 0.0694. The molecule has 20 heavy (non-hydrogen) atoms. The smallest absolute Gasteiger partial charge is 0.339 e. The van der Waals surface area contributed by atoms with Crippen LogP contribution < -0.4 is 4.74 Å². The summed E-state index contributed by atoms with van der Waals surface area (Å²) in [4.78, 5) is 15.3. The fraction of sp³-hybridized carbons (Fsp3) is 0.133. The molecule has 0 saturated heterocycles. The molecule has 0 aliphatic rings. The molecule has 0 amide bonds. The van der Waals surface area contributed by atoms with Crippen LogP contribution in [0.25, 0.3) is 0 Å². The molecular weight excluding hydrogens is 256 g/mol. The second kappa shape index (κ2) is 5.41. The Kier molecular flexibility index (Phi) is 3.67. The highest BCUT2D eigenvalue weighted by atomic mass is 16.5. The first kappa shape index (κ1) is 13.6. The number of aryl methyl sites for hydroxylation is 2. The summed E-state index contributed by atoms with van der Waals surface area (Å²) in [6.07, 6.45) is 0. The van der Waals surface area contributed by atoms with Crippen LogP contribution in [0.4, 0.5) is 0 Å². The van der Waals surface area contributed by atoms with E-state index in [2.05, 4.69) is 4.98 Å². The van der Waals surface area contributed by atoms with Gasteiger partial charge >= 0.3 is 5.97 Å². The Balaban J connectivity index is 2.51. The van der Waals surface area contributed by atoms with Crippen molar-refractivity contribution in [3.8, 4) is 17.6 Å². The topological polar surface area (TPSA) is 83.2 Å². The first-order valence-corrected chi connectivity index (χ1v) is 5.91. The summed E-state index contributed by atoms with van der Waals surface area (Å²) in [7, 11) is 0.